The first-order chi connectivity index (χ1) is 5.45. The fourth-order valence-corrected chi connectivity index (χ4v) is 1.64. The van der Waals surface area contributed by atoms with E-state index in [1.54, 1.807) is 11.9 Å². The highest BCUT2D eigenvalue weighted by Gasteiger charge is 2.48. The molecule has 0 amide bonds. The Kier molecular flexibility index (Phi) is 2.63. The zero-order valence-electron chi connectivity index (χ0n) is 6.80. The molecule has 0 radical (unpaired) electrons. The average molecular weight is 183 g/mol. The Labute approximate surface area is 69.0 Å². The van der Waals surface area contributed by atoms with Crippen LogP contribution in [0.25, 0.3) is 0 Å². The maximum absolute atomic E-state index is 12.2. The lowest BCUT2D eigenvalue weighted by Gasteiger charge is -2.18. The van der Waals surface area contributed by atoms with Gasteiger partial charge in [0.25, 0.3) is 0 Å². The Morgan fingerprint density at radius 3 is 2.33 bits per heavy atom. The molecule has 72 valence electrons. The van der Waals surface area contributed by atoms with Gasteiger partial charge >= 0.3 is 6.18 Å². The molecule has 0 bridgehead atoms. The van der Waals surface area contributed by atoms with Crippen molar-refractivity contribution < 1.29 is 18.3 Å². The van der Waals surface area contributed by atoms with Gasteiger partial charge in [-0.05, 0) is 7.05 Å². The lowest BCUT2D eigenvalue weighted by atomic mass is 9.97. The van der Waals surface area contributed by atoms with Gasteiger partial charge in [-0.15, -0.1) is 0 Å². The monoisotopic (exact) mass is 183 g/mol. The maximum atomic E-state index is 12.2. The van der Waals surface area contributed by atoms with Crippen molar-refractivity contribution in [1.82, 2.24) is 4.90 Å². The van der Waals surface area contributed by atoms with Gasteiger partial charge in [0.2, 0.25) is 0 Å². The molecule has 1 aliphatic rings. The second-order valence-electron chi connectivity index (χ2n) is 3.31. The van der Waals surface area contributed by atoms with Crippen LogP contribution in [-0.4, -0.2) is 42.9 Å². The molecule has 1 heterocycles. The Morgan fingerprint density at radius 1 is 1.42 bits per heavy atom. The largest absolute Gasteiger partial charge is 0.396 e. The second-order valence-corrected chi connectivity index (χ2v) is 3.31. The van der Waals surface area contributed by atoms with E-state index in [0.29, 0.717) is 6.54 Å². The van der Waals surface area contributed by atoms with E-state index in [9.17, 15) is 13.2 Å². The molecular formula is C7H12F3NO. The van der Waals surface area contributed by atoms with Crippen LogP contribution in [0, 0.1) is 11.8 Å². The van der Waals surface area contributed by atoms with Gasteiger partial charge in [0.15, 0.2) is 0 Å². The first kappa shape index (κ1) is 9.80. The number of alkyl halides is 3. The molecule has 5 heteroatoms. The normalized spacial score (nSPS) is 32.8. The SMILES string of the molecule is CN1C[C@H](CO)[C@H](C(F)(F)F)C1. The summed E-state index contributed by atoms with van der Waals surface area (Å²) in [6.07, 6.45) is -4.17. The van der Waals surface area contributed by atoms with Crippen molar-refractivity contribution in [2.75, 3.05) is 26.7 Å². The minimum Gasteiger partial charge on any atom is -0.396 e. The molecule has 2 nitrogen and oxygen atoms in total. The molecule has 2 atom stereocenters. The van der Waals surface area contributed by atoms with E-state index >= 15 is 0 Å². The van der Waals surface area contributed by atoms with Crippen molar-refractivity contribution >= 4 is 0 Å². The third-order valence-electron chi connectivity index (χ3n) is 2.28. The molecule has 1 aliphatic heterocycles. The molecule has 0 unspecified atom stereocenters. The summed E-state index contributed by atoms with van der Waals surface area (Å²) in [7, 11) is 1.63. The van der Waals surface area contributed by atoms with Gasteiger partial charge in [-0.3, -0.25) is 0 Å². The number of aliphatic hydroxyl groups excluding tert-OH is 1. The Hall–Kier alpha value is -0.290. The number of hydrogen-bond acceptors (Lipinski definition) is 2. The van der Waals surface area contributed by atoms with E-state index in [0.717, 1.165) is 0 Å². The molecule has 0 aromatic carbocycles. The van der Waals surface area contributed by atoms with E-state index in [4.69, 9.17) is 5.11 Å². The predicted molar refractivity (Wildman–Crippen MR) is 37.6 cm³/mol. The average Bonchev–Trinajstić information content (AvgIpc) is 2.29. The highest BCUT2D eigenvalue weighted by atomic mass is 19.4. The van der Waals surface area contributed by atoms with Crippen LogP contribution in [0.2, 0.25) is 0 Å². The topological polar surface area (TPSA) is 23.5 Å². The van der Waals surface area contributed by atoms with Crippen LogP contribution in [0.3, 0.4) is 0 Å². The Bertz CT molecular complexity index is 159. The summed E-state index contributed by atoms with van der Waals surface area (Å²) in [5.74, 6) is -2.00. The highest BCUT2D eigenvalue weighted by Crippen LogP contribution is 2.36. The van der Waals surface area contributed by atoms with Crippen molar-refractivity contribution in [3.05, 3.63) is 0 Å². The van der Waals surface area contributed by atoms with Crippen LogP contribution in [0.15, 0.2) is 0 Å². The fourth-order valence-electron chi connectivity index (χ4n) is 1.64. The van der Waals surface area contributed by atoms with Crippen molar-refractivity contribution in [3.63, 3.8) is 0 Å². The molecule has 0 saturated carbocycles. The van der Waals surface area contributed by atoms with E-state index in [1.807, 2.05) is 0 Å². The summed E-state index contributed by atoms with van der Waals surface area (Å²) in [5, 5.41) is 8.69. The summed E-state index contributed by atoms with van der Waals surface area (Å²) >= 11 is 0. The van der Waals surface area contributed by atoms with Crippen LogP contribution in [-0.2, 0) is 0 Å². The van der Waals surface area contributed by atoms with Gasteiger partial charge in [-0.2, -0.15) is 13.2 Å². The lowest BCUT2D eigenvalue weighted by molar-refractivity contribution is -0.182. The molecule has 1 N–H and O–H groups in total. The number of nitrogens with zero attached hydrogens (tertiary/aromatic N) is 1. The predicted octanol–water partition coefficient (Wildman–Crippen LogP) is 0.719. The lowest BCUT2D eigenvalue weighted by Crippen LogP contribution is -2.31. The Balaban J connectivity index is 2.64. The van der Waals surface area contributed by atoms with Gasteiger partial charge in [0.1, 0.15) is 0 Å². The first-order valence-corrected chi connectivity index (χ1v) is 3.81. The molecule has 12 heavy (non-hydrogen) atoms. The highest BCUT2D eigenvalue weighted by molar-refractivity contribution is 4.86. The number of halogens is 3. The van der Waals surface area contributed by atoms with Crippen LogP contribution in [0.4, 0.5) is 13.2 Å². The van der Waals surface area contributed by atoms with E-state index < -0.39 is 18.0 Å². The zero-order chi connectivity index (χ0) is 9.35. The molecule has 1 saturated heterocycles. The summed E-state index contributed by atoms with van der Waals surface area (Å²) in [5.41, 5.74) is 0. The van der Waals surface area contributed by atoms with Crippen molar-refractivity contribution in [1.29, 1.82) is 0 Å². The number of rotatable bonds is 1. The molecule has 1 fully saturated rings. The molecule has 0 spiro atoms. The van der Waals surface area contributed by atoms with Gasteiger partial charge in [-0.1, -0.05) is 0 Å². The van der Waals surface area contributed by atoms with E-state index in [1.165, 1.54) is 0 Å². The number of likely N-dealkylation sites (tertiary alicyclic amines) is 1. The smallest absolute Gasteiger partial charge is 0.393 e. The zero-order valence-corrected chi connectivity index (χ0v) is 6.80. The molecular weight excluding hydrogens is 171 g/mol. The number of hydrogen-bond donors (Lipinski definition) is 1. The second kappa shape index (κ2) is 3.22. The fraction of sp³-hybridized carbons (Fsp3) is 1.00. The van der Waals surface area contributed by atoms with E-state index in [-0.39, 0.29) is 13.2 Å². The third kappa shape index (κ3) is 1.90. The summed E-state index contributed by atoms with van der Waals surface area (Å²) in [6.45, 7) is -0.0378. The maximum Gasteiger partial charge on any atom is 0.393 e. The molecule has 0 aromatic heterocycles. The van der Waals surface area contributed by atoms with Gasteiger partial charge < -0.3 is 10.0 Å². The van der Waals surface area contributed by atoms with Crippen molar-refractivity contribution in [2.24, 2.45) is 11.8 Å². The van der Waals surface area contributed by atoms with Crippen molar-refractivity contribution in [3.8, 4) is 0 Å². The molecule has 0 aromatic rings. The quantitative estimate of drug-likeness (QED) is 0.647. The minimum atomic E-state index is -4.17. The van der Waals surface area contributed by atoms with Crippen LogP contribution in [0.1, 0.15) is 0 Å². The Morgan fingerprint density at radius 2 is 2.00 bits per heavy atom. The third-order valence-corrected chi connectivity index (χ3v) is 2.28. The number of aliphatic hydroxyl groups is 1. The minimum absolute atomic E-state index is 0.00866. The van der Waals surface area contributed by atoms with Gasteiger partial charge in [0, 0.05) is 25.6 Å². The van der Waals surface area contributed by atoms with Crippen LogP contribution >= 0.6 is 0 Å². The molecule has 0 aliphatic carbocycles. The standard InChI is InChI=1S/C7H12F3NO/c1-11-2-5(4-12)6(3-11)7(8,9)10/h5-6,12H,2-4H2,1H3/t5-,6-/m1/s1. The van der Waals surface area contributed by atoms with Crippen LogP contribution < -0.4 is 0 Å². The molecule has 1 rings (SSSR count). The van der Waals surface area contributed by atoms with E-state index in [2.05, 4.69) is 0 Å². The van der Waals surface area contributed by atoms with Gasteiger partial charge in [0.05, 0.1) is 5.92 Å². The first-order valence-electron chi connectivity index (χ1n) is 3.81. The summed E-state index contributed by atoms with van der Waals surface area (Å²) in [6, 6.07) is 0. The van der Waals surface area contributed by atoms with Crippen molar-refractivity contribution in [2.45, 2.75) is 6.18 Å². The van der Waals surface area contributed by atoms with Crippen LogP contribution in [0.5, 0.6) is 0 Å². The van der Waals surface area contributed by atoms with Gasteiger partial charge in [-0.25, -0.2) is 0 Å². The summed E-state index contributed by atoms with van der Waals surface area (Å²) in [4.78, 5) is 1.60. The summed E-state index contributed by atoms with van der Waals surface area (Å²) < 4.78 is 36.7.